The molecule has 0 aromatic heterocycles. The monoisotopic (exact) mass is 977 g/mol. The first-order valence-electron chi connectivity index (χ1n) is 27.0. The van der Waals surface area contributed by atoms with Gasteiger partial charge in [0.05, 0.1) is 39.9 Å². The standard InChI is InChI=1S/C60H101N2O6P/c1-6-8-10-12-14-16-17-18-19-20-21-22-23-24-25-26-27-28-29-30-31-32-33-34-35-36-37-38-39-40-41-42-43-44-45-46-48-50-52-54-60(64)61-58(57-68-69(65,66)67-56-55-62(3,4)5)59(63)53-51-49-47-15-13-11-9-7-2/h8,10,14,16,18-19,21-22,24-25,27-28,30-31,33-34,36-37,39-40,42-43,58-59,63H,6-7,9,11-13,15,17,20,23,26,29,32,35,38,41,44-57H2,1-5H3,(H-,61,64,65,66)/b10-8-,16-14-,19-18-,22-21-,25-24-,28-27-,31-30-,34-33-,37-36-,40-39-,43-42-. The van der Waals surface area contributed by atoms with E-state index in [9.17, 15) is 19.4 Å². The van der Waals surface area contributed by atoms with Gasteiger partial charge >= 0.3 is 0 Å². The van der Waals surface area contributed by atoms with Crippen LogP contribution in [-0.2, 0) is 18.4 Å². The molecule has 0 aliphatic heterocycles. The van der Waals surface area contributed by atoms with E-state index >= 15 is 0 Å². The fourth-order valence-electron chi connectivity index (χ4n) is 6.92. The second-order valence-corrected chi connectivity index (χ2v) is 20.3. The van der Waals surface area contributed by atoms with Crippen molar-refractivity contribution in [1.29, 1.82) is 0 Å². The Morgan fingerprint density at radius 2 is 0.884 bits per heavy atom. The zero-order valence-corrected chi connectivity index (χ0v) is 45.3. The Morgan fingerprint density at radius 1 is 0.522 bits per heavy atom. The number of rotatable bonds is 47. The molecule has 0 aliphatic carbocycles. The number of phosphoric acid groups is 1. The summed E-state index contributed by atoms with van der Waals surface area (Å²) < 4.78 is 23.2. The van der Waals surface area contributed by atoms with Crippen molar-refractivity contribution < 1.29 is 32.9 Å². The van der Waals surface area contributed by atoms with Gasteiger partial charge in [-0.15, -0.1) is 0 Å². The summed E-state index contributed by atoms with van der Waals surface area (Å²) in [7, 11) is 1.27. The Hall–Kier alpha value is -3.36. The summed E-state index contributed by atoms with van der Waals surface area (Å²) in [6.45, 7) is 4.52. The highest BCUT2D eigenvalue weighted by molar-refractivity contribution is 7.45. The lowest BCUT2D eigenvalue weighted by atomic mass is 10.0. The first-order chi connectivity index (χ1) is 33.5. The maximum Gasteiger partial charge on any atom is 0.268 e. The van der Waals surface area contributed by atoms with E-state index in [4.69, 9.17) is 9.05 Å². The molecule has 1 amide bonds. The van der Waals surface area contributed by atoms with E-state index in [-0.39, 0.29) is 19.1 Å². The topological polar surface area (TPSA) is 108 Å². The molecule has 0 aromatic rings. The number of nitrogens with one attached hydrogen (secondary N) is 1. The summed E-state index contributed by atoms with van der Waals surface area (Å²) in [5.74, 6) is -0.194. The van der Waals surface area contributed by atoms with Gasteiger partial charge in [-0.3, -0.25) is 9.36 Å². The minimum atomic E-state index is -4.57. The van der Waals surface area contributed by atoms with Gasteiger partial charge in [0.2, 0.25) is 5.91 Å². The second kappa shape index (κ2) is 49.6. The molecule has 2 N–H and O–H groups in total. The molecule has 392 valence electrons. The lowest BCUT2D eigenvalue weighted by Gasteiger charge is -2.30. The van der Waals surface area contributed by atoms with Crippen LogP contribution in [0.3, 0.4) is 0 Å². The van der Waals surface area contributed by atoms with Crippen LogP contribution in [-0.4, -0.2) is 68.5 Å². The molecule has 0 spiro atoms. The van der Waals surface area contributed by atoms with Gasteiger partial charge < -0.3 is 28.8 Å². The maximum atomic E-state index is 12.9. The van der Waals surface area contributed by atoms with Crippen LogP contribution in [0.15, 0.2) is 134 Å². The first kappa shape index (κ1) is 65.6. The number of likely N-dealkylation sites (N-methyl/N-ethyl adjacent to an activating group) is 1. The van der Waals surface area contributed by atoms with Crippen molar-refractivity contribution in [2.24, 2.45) is 0 Å². The molecule has 0 heterocycles. The van der Waals surface area contributed by atoms with E-state index < -0.39 is 20.0 Å². The van der Waals surface area contributed by atoms with Crippen molar-refractivity contribution in [3.63, 3.8) is 0 Å². The molecule has 9 heteroatoms. The number of hydrogen-bond donors (Lipinski definition) is 2. The summed E-state index contributed by atoms with van der Waals surface area (Å²) in [4.78, 5) is 25.3. The molecule has 0 aliphatic rings. The number of nitrogens with zero attached hydrogens (tertiary/aromatic N) is 1. The summed E-state index contributed by atoms with van der Waals surface area (Å²) >= 11 is 0. The third-order valence-electron chi connectivity index (χ3n) is 11.2. The van der Waals surface area contributed by atoms with Crippen molar-refractivity contribution >= 4 is 13.7 Å². The van der Waals surface area contributed by atoms with Crippen molar-refractivity contribution in [3.05, 3.63) is 134 Å². The van der Waals surface area contributed by atoms with Crippen LogP contribution in [0.25, 0.3) is 0 Å². The highest BCUT2D eigenvalue weighted by Crippen LogP contribution is 2.38. The number of quaternary nitrogens is 1. The number of phosphoric ester groups is 1. The number of unbranched alkanes of at least 4 members (excludes halogenated alkanes) is 12. The van der Waals surface area contributed by atoms with E-state index in [2.05, 4.69) is 153 Å². The normalized spacial score (nSPS) is 15.1. The molecule has 69 heavy (non-hydrogen) atoms. The van der Waals surface area contributed by atoms with Crippen molar-refractivity contribution in [3.8, 4) is 0 Å². The largest absolute Gasteiger partial charge is 0.756 e. The molecule has 0 rings (SSSR count). The molecule has 0 radical (unpaired) electrons. The molecule has 0 saturated carbocycles. The van der Waals surface area contributed by atoms with Crippen LogP contribution < -0.4 is 10.2 Å². The lowest BCUT2D eigenvalue weighted by Crippen LogP contribution is -2.46. The predicted molar refractivity (Wildman–Crippen MR) is 297 cm³/mol. The maximum absolute atomic E-state index is 12.9. The van der Waals surface area contributed by atoms with Crippen LogP contribution in [0.5, 0.6) is 0 Å². The van der Waals surface area contributed by atoms with Gasteiger partial charge in [-0.2, -0.15) is 0 Å². The predicted octanol–water partition coefficient (Wildman–Crippen LogP) is 15.7. The van der Waals surface area contributed by atoms with E-state index in [1.54, 1.807) is 0 Å². The Balaban J connectivity index is 4.09. The van der Waals surface area contributed by atoms with Crippen LogP contribution in [0.4, 0.5) is 0 Å². The minimum Gasteiger partial charge on any atom is -0.756 e. The Bertz CT molecular complexity index is 1580. The number of aliphatic hydroxyl groups is 1. The molecular weight excluding hydrogens is 876 g/mol. The zero-order valence-electron chi connectivity index (χ0n) is 44.5. The fourth-order valence-corrected chi connectivity index (χ4v) is 7.65. The quantitative estimate of drug-likeness (QED) is 0.0272. The molecule has 0 fully saturated rings. The average molecular weight is 977 g/mol. The highest BCUT2D eigenvalue weighted by atomic mass is 31.2. The summed E-state index contributed by atoms with van der Waals surface area (Å²) in [6.07, 6.45) is 75.0. The highest BCUT2D eigenvalue weighted by Gasteiger charge is 2.24. The molecule has 0 saturated heterocycles. The fraction of sp³-hybridized carbons (Fsp3) is 0.617. The smallest absolute Gasteiger partial charge is 0.268 e. The first-order valence-corrected chi connectivity index (χ1v) is 28.5. The van der Waals surface area contributed by atoms with E-state index in [1.165, 1.54) is 32.1 Å². The minimum absolute atomic E-state index is 0.000547. The zero-order chi connectivity index (χ0) is 50.6. The van der Waals surface area contributed by atoms with Gasteiger partial charge in [0.25, 0.3) is 7.82 Å². The molecule has 0 bridgehead atoms. The van der Waals surface area contributed by atoms with Gasteiger partial charge in [-0.1, -0.05) is 218 Å². The Kier molecular flexibility index (Phi) is 47.2. The number of hydrogen-bond acceptors (Lipinski definition) is 6. The molecule has 8 nitrogen and oxygen atoms in total. The summed E-state index contributed by atoms with van der Waals surface area (Å²) in [6, 6.07) is -0.818. The van der Waals surface area contributed by atoms with Crippen LogP contribution in [0.1, 0.15) is 187 Å². The van der Waals surface area contributed by atoms with E-state index in [1.807, 2.05) is 21.1 Å². The number of carbonyl (C=O) groups excluding carboxylic acids is 1. The molecule has 3 atom stereocenters. The van der Waals surface area contributed by atoms with Gasteiger partial charge in [0, 0.05) is 6.42 Å². The van der Waals surface area contributed by atoms with Crippen LogP contribution in [0, 0.1) is 0 Å². The van der Waals surface area contributed by atoms with Crippen LogP contribution >= 0.6 is 7.82 Å². The third kappa shape index (κ3) is 52.3. The average Bonchev–Trinajstić information content (AvgIpc) is 3.31. The van der Waals surface area contributed by atoms with Crippen molar-refractivity contribution in [2.75, 3.05) is 40.9 Å². The van der Waals surface area contributed by atoms with Gasteiger partial charge in [-0.05, 0) is 96.3 Å². The SMILES string of the molecule is CC/C=C\C/C=C\C/C=C\C/C=C\C/C=C\C/C=C\C/C=C\C/C=C\C/C=C\C/C=C\C/C=C\CCCCCCCC(=O)NC(COP(=O)([O-])OCC[N+](C)(C)C)C(O)CCCCCCCCCC. The Morgan fingerprint density at radius 3 is 1.29 bits per heavy atom. The number of carbonyl (C=O) groups is 1. The van der Waals surface area contributed by atoms with Gasteiger partial charge in [0.15, 0.2) is 0 Å². The summed E-state index contributed by atoms with van der Waals surface area (Å²) in [5, 5.41) is 13.8. The number of aliphatic hydroxyl groups excluding tert-OH is 1. The van der Waals surface area contributed by atoms with E-state index in [0.29, 0.717) is 23.9 Å². The van der Waals surface area contributed by atoms with Crippen molar-refractivity contribution in [2.45, 2.75) is 199 Å². The molecule has 3 unspecified atom stereocenters. The second-order valence-electron chi connectivity index (χ2n) is 18.9. The van der Waals surface area contributed by atoms with Crippen LogP contribution in [0.2, 0.25) is 0 Å². The molecular formula is C60H101N2O6P. The molecule has 0 aromatic carbocycles. The van der Waals surface area contributed by atoms with Crippen molar-refractivity contribution in [1.82, 2.24) is 5.32 Å². The Labute approximate surface area is 424 Å². The number of allylic oxidation sites excluding steroid dienone is 22. The number of amides is 1. The lowest BCUT2D eigenvalue weighted by molar-refractivity contribution is -0.870. The summed E-state index contributed by atoms with van der Waals surface area (Å²) in [5.41, 5.74) is 0. The van der Waals surface area contributed by atoms with Gasteiger partial charge in [0.1, 0.15) is 13.2 Å². The third-order valence-corrected chi connectivity index (χ3v) is 12.1. The van der Waals surface area contributed by atoms with Gasteiger partial charge in [-0.25, -0.2) is 0 Å². The van der Waals surface area contributed by atoms with E-state index in [0.717, 1.165) is 128 Å².